The SMILES string of the molecule is CCOC(=O)Cn1c(=NC(=O)c2ccc(S(=O)(=O)N3CCOCC3)cc2)sc2cc(S(N)(=O)=O)ccc21. The van der Waals surface area contributed by atoms with Gasteiger partial charge in [0.15, 0.2) is 4.80 Å². The molecule has 15 heteroatoms. The number of hydrogen-bond donors (Lipinski definition) is 1. The lowest BCUT2D eigenvalue weighted by molar-refractivity contribution is -0.143. The normalized spacial score (nSPS) is 15.7. The van der Waals surface area contributed by atoms with Gasteiger partial charge in [0, 0.05) is 18.7 Å². The molecule has 1 aromatic heterocycles. The molecule has 3 aromatic rings. The molecule has 0 radical (unpaired) electrons. The van der Waals surface area contributed by atoms with Crippen molar-refractivity contribution >= 4 is 53.5 Å². The maximum Gasteiger partial charge on any atom is 0.326 e. The average Bonchev–Trinajstić information content (AvgIpc) is 3.20. The van der Waals surface area contributed by atoms with Crippen LogP contribution in [0.5, 0.6) is 0 Å². The van der Waals surface area contributed by atoms with Crippen molar-refractivity contribution in [2.24, 2.45) is 10.1 Å². The maximum absolute atomic E-state index is 13.0. The van der Waals surface area contributed by atoms with Crippen LogP contribution in [0.1, 0.15) is 17.3 Å². The molecule has 1 aliphatic heterocycles. The van der Waals surface area contributed by atoms with Crippen LogP contribution in [0.4, 0.5) is 0 Å². The van der Waals surface area contributed by atoms with Crippen LogP contribution in [0.15, 0.2) is 57.2 Å². The van der Waals surface area contributed by atoms with Crippen molar-refractivity contribution in [3.8, 4) is 0 Å². The summed E-state index contributed by atoms with van der Waals surface area (Å²) in [6.07, 6.45) is 0. The molecule has 12 nitrogen and oxygen atoms in total. The van der Waals surface area contributed by atoms with E-state index in [0.717, 1.165) is 11.3 Å². The van der Waals surface area contributed by atoms with E-state index in [0.29, 0.717) is 23.4 Å². The van der Waals surface area contributed by atoms with Gasteiger partial charge < -0.3 is 14.0 Å². The number of ether oxygens (including phenoxy) is 2. The standard InChI is InChI=1S/C22H24N4O8S3/c1-2-34-20(27)14-26-18-8-7-17(36(23,29)30)13-19(18)35-22(26)24-21(28)15-3-5-16(6-4-15)37(31,32)25-9-11-33-12-10-25/h3-8,13H,2,9-12,14H2,1H3,(H2,23,29,30). The summed E-state index contributed by atoms with van der Waals surface area (Å²) < 4.78 is 62.6. The van der Waals surface area contributed by atoms with E-state index in [1.54, 1.807) is 6.92 Å². The van der Waals surface area contributed by atoms with E-state index in [-0.39, 0.29) is 46.4 Å². The third-order valence-electron chi connectivity index (χ3n) is 5.48. The largest absolute Gasteiger partial charge is 0.465 e. The molecule has 1 aliphatic rings. The fourth-order valence-electron chi connectivity index (χ4n) is 3.66. The summed E-state index contributed by atoms with van der Waals surface area (Å²) in [5.74, 6) is -1.24. The minimum atomic E-state index is -3.97. The van der Waals surface area contributed by atoms with Crippen LogP contribution in [0.25, 0.3) is 10.2 Å². The summed E-state index contributed by atoms with van der Waals surface area (Å²) in [5.41, 5.74) is 0.593. The van der Waals surface area contributed by atoms with Gasteiger partial charge in [-0.15, -0.1) is 0 Å². The topological polar surface area (TPSA) is 167 Å². The monoisotopic (exact) mass is 568 g/mol. The Morgan fingerprint density at radius 3 is 2.32 bits per heavy atom. The van der Waals surface area contributed by atoms with Crippen LogP contribution >= 0.6 is 11.3 Å². The molecule has 2 N–H and O–H groups in total. The number of nitrogens with two attached hydrogens (primary N) is 1. The van der Waals surface area contributed by atoms with Gasteiger partial charge in [0.05, 0.1) is 39.8 Å². The summed E-state index contributed by atoms with van der Waals surface area (Å²) in [6.45, 7) is 2.68. The first-order valence-electron chi connectivity index (χ1n) is 11.1. The van der Waals surface area contributed by atoms with Gasteiger partial charge in [0.2, 0.25) is 20.0 Å². The number of amides is 1. The van der Waals surface area contributed by atoms with Gasteiger partial charge >= 0.3 is 5.97 Å². The Morgan fingerprint density at radius 1 is 1.05 bits per heavy atom. The Hall–Kier alpha value is -2.95. The molecule has 198 valence electrons. The molecule has 0 saturated carbocycles. The zero-order valence-corrected chi connectivity index (χ0v) is 22.1. The Balaban J connectivity index is 1.71. The van der Waals surface area contributed by atoms with Gasteiger partial charge in [-0.25, -0.2) is 22.0 Å². The number of esters is 1. The highest BCUT2D eigenvalue weighted by Gasteiger charge is 2.26. The minimum absolute atomic E-state index is 0.0423. The maximum atomic E-state index is 13.0. The Labute approximate surface area is 217 Å². The highest BCUT2D eigenvalue weighted by Crippen LogP contribution is 2.22. The van der Waals surface area contributed by atoms with Crippen LogP contribution in [-0.4, -0.2) is 70.5 Å². The Kier molecular flexibility index (Phi) is 7.91. The number of rotatable bonds is 7. The highest BCUT2D eigenvalue weighted by molar-refractivity contribution is 7.89. The Bertz CT molecular complexity index is 1620. The van der Waals surface area contributed by atoms with Crippen molar-refractivity contribution in [2.75, 3.05) is 32.9 Å². The van der Waals surface area contributed by atoms with Crippen LogP contribution in [0, 0.1) is 0 Å². The molecule has 4 rings (SSSR count). The van der Waals surface area contributed by atoms with Gasteiger partial charge in [-0.05, 0) is 49.4 Å². The number of benzene rings is 2. The zero-order valence-electron chi connectivity index (χ0n) is 19.7. The molecule has 0 unspecified atom stereocenters. The van der Waals surface area contributed by atoms with E-state index in [1.807, 2.05) is 0 Å². The number of sulfonamides is 2. The number of carbonyl (C=O) groups is 2. The second-order valence-corrected chi connectivity index (χ2v) is 12.4. The fourth-order valence-corrected chi connectivity index (χ4v) is 6.75. The van der Waals surface area contributed by atoms with E-state index in [4.69, 9.17) is 14.6 Å². The number of nitrogens with zero attached hydrogens (tertiary/aromatic N) is 3. The van der Waals surface area contributed by atoms with Gasteiger partial charge in [0.1, 0.15) is 6.54 Å². The predicted molar refractivity (Wildman–Crippen MR) is 134 cm³/mol. The van der Waals surface area contributed by atoms with E-state index in [2.05, 4.69) is 4.99 Å². The molecule has 0 aliphatic carbocycles. The van der Waals surface area contributed by atoms with Gasteiger partial charge in [-0.2, -0.15) is 9.30 Å². The fraction of sp³-hybridized carbons (Fsp3) is 0.318. The third-order valence-corrected chi connectivity index (χ3v) is 9.35. The van der Waals surface area contributed by atoms with Crippen molar-refractivity contribution in [2.45, 2.75) is 23.3 Å². The molecular formula is C22H24N4O8S3. The van der Waals surface area contributed by atoms with Gasteiger partial charge in [-0.3, -0.25) is 9.59 Å². The summed E-state index contributed by atoms with van der Waals surface area (Å²) in [6, 6.07) is 9.51. The third kappa shape index (κ3) is 5.97. The lowest BCUT2D eigenvalue weighted by Gasteiger charge is -2.26. The van der Waals surface area contributed by atoms with E-state index in [1.165, 1.54) is 51.3 Å². The molecule has 1 amide bonds. The minimum Gasteiger partial charge on any atom is -0.465 e. The van der Waals surface area contributed by atoms with Crippen molar-refractivity contribution < 1.29 is 35.9 Å². The van der Waals surface area contributed by atoms with E-state index < -0.39 is 31.9 Å². The molecule has 0 spiro atoms. The van der Waals surface area contributed by atoms with Crippen molar-refractivity contribution in [3.63, 3.8) is 0 Å². The molecular weight excluding hydrogens is 544 g/mol. The van der Waals surface area contributed by atoms with Gasteiger partial charge in [0.25, 0.3) is 5.91 Å². The van der Waals surface area contributed by atoms with Crippen molar-refractivity contribution in [3.05, 3.63) is 52.8 Å². The predicted octanol–water partition coefficient (Wildman–Crippen LogP) is 0.675. The van der Waals surface area contributed by atoms with Crippen LogP contribution in [-0.2, 0) is 40.9 Å². The Morgan fingerprint density at radius 2 is 1.70 bits per heavy atom. The molecule has 2 aromatic carbocycles. The van der Waals surface area contributed by atoms with Gasteiger partial charge in [-0.1, -0.05) is 11.3 Å². The molecule has 2 heterocycles. The number of hydrogen-bond acceptors (Lipinski definition) is 9. The first-order chi connectivity index (χ1) is 17.5. The summed E-state index contributed by atoms with van der Waals surface area (Å²) in [5, 5.41) is 5.23. The summed E-state index contributed by atoms with van der Waals surface area (Å²) in [7, 11) is -7.70. The highest BCUT2D eigenvalue weighted by atomic mass is 32.2. The zero-order chi connectivity index (χ0) is 26.8. The van der Waals surface area contributed by atoms with Crippen molar-refractivity contribution in [1.82, 2.24) is 8.87 Å². The first-order valence-corrected chi connectivity index (χ1v) is 14.9. The number of carbonyl (C=O) groups excluding carboxylic acids is 2. The number of primary sulfonamides is 1. The molecule has 0 bridgehead atoms. The molecule has 1 saturated heterocycles. The van der Waals surface area contributed by atoms with Crippen LogP contribution < -0.4 is 9.94 Å². The molecule has 0 atom stereocenters. The lowest BCUT2D eigenvalue weighted by Crippen LogP contribution is -2.40. The number of aromatic nitrogens is 1. The second kappa shape index (κ2) is 10.8. The molecule has 1 fully saturated rings. The quantitative estimate of drug-likeness (QED) is 0.406. The summed E-state index contributed by atoms with van der Waals surface area (Å²) >= 11 is 0.997. The number of morpholine rings is 1. The average molecular weight is 569 g/mol. The van der Waals surface area contributed by atoms with Crippen LogP contribution in [0.2, 0.25) is 0 Å². The second-order valence-electron chi connectivity index (χ2n) is 7.91. The summed E-state index contributed by atoms with van der Waals surface area (Å²) in [4.78, 5) is 29.3. The van der Waals surface area contributed by atoms with E-state index >= 15 is 0 Å². The van der Waals surface area contributed by atoms with E-state index in [9.17, 15) is 26.4 Å². The smallest absolute Gasteiger partial charge is 0.326 e. The first kappa shape index (κ1) is 27.1. The van der Waals surface area contributed by atoms with Crippen molar-refractivity contribution in [1.29, 1.82) is 0 Å². The number of fused-ring (bicyclic) bond motifs is 1. The number of thiazole rings is 1. The van der Waals surface area contributed by atoms with Crippen LogP contribution in [0.3, 0.4) is 0 Å². The lowest BCUT2D eigenvalue weighted by atomic mass is 10.2. The molecule has 37 heavy (non-hydrogen) atoms.